The lowest BCUT2D eigenvalue weighted by Gasteiger charge is -2.38. The third-order valence-electron chi connectivity index (χ3n) is 8.00. The molecular formula is C30H41N5O4. The van der Waals surface area contributed by atoms with Gasteiger partial charge >= 0.3 is 6.03 Å². The van der Waals surface area contributed by atoms with E-state index in [9.17, 15) is 9.59 Å². The van der Waals surface area contributed by atoms with E-state index in [1.165, 1.54) is 6.42 Å². The number of methoxy groups -OCH3 is 1. The average Bonchev–Trinajstić information content (AvgIpc) is 3.50. The average molecular weight is 536 g/mol. The molecule has 0 bridgehead atoms. The Morgan fingerprint density at radius 3 is 2.38 bits per heavy atom. The van der Waals surface area contributed by atoms with Gasteiger partial charge in [0.05, 0.1) is 24.5 Å². The van der Waals surface area contributed by atoms with Crippen LogP contribution in [0.2, 0.25) is 0 Å². The molecule has 0 aromatic heterocycles. The molecule has 1 atom stereocenters. The van der Waals surface area contributed by atoms with Crippen LogP contribution >= 0.6 is 0 Å². The topological polar surface area (TPSA) is 95.2 Å². The van der Waals surface area contributed by atoms with Crippen LogP contribution in [0.4, 0.5) is 21.9 Å². The number of benzene rings is 2. The number of nitrogens with one attached hydrogen (secondary N) is 3. The molecule has 2 aromatic rings. The zero-order valence-electron chi connectivity index (χ0n) is 22.9. The van der Waals surface area contributed by atoms with Gasteiger partial charge in [0.1, 0.15) is 5.75 Å². The molecule has 0 unspecified atom stereocenters. The molecule has 2 saturated heterocycles. The van der Waals surface area contributed by atoms with Crippen molar-refractivity contribution >= 4 is 29.0 Å². The van der Waals surface area contributed by atoms with Crippen molar-refractivity contribution in [1.29, 1.82) is 0 Å². The van der Waals surface area contributed by atoms with E-state index >= 15 is 0 Å². The minimum Gasteiger partial charge on any atom is -0.495 e. The van der Waals surface area contributed by atoms with Crippen LogP contribution in [0.25, 0.3) is 0 Å². The van der Waals surface area contributed by atoms with E-state index < -0.39 is 0 Å². The standard InChI is InChI=1S/C30H41N5O4/c1-38-28-12-6-5-11-27(28)35-17-15-34(16-18-35)26-14-13-23(33-30(37)32-22-8-3-2-4-9-22)20-25(26)29(36)31-21-24-10-7-19-39-24/h5-6,11-14,20,22,24H,2-4,7-10,15-19,21H2,1H3,(H,31,36)(H2,32,33,37)/t24-/m1/s1. The normalized spacial score (nSPS) is 20.0. The summed E-state index contributed by atoms with van der Waals surface area (Å²) in [6, 6.07) is 13.7. The van der Waals surface area contributed by atoms with Crippen LogP contribution < -0.4 is 30.5 Å². The summed E-state index contributed by atoms with van der Waals surface area (Å²) in [5, 5.41) is 9.12. The van der Waals surface area contributed by atoms with Crippen molar-refractivity contribution < 1.29 is 19.1 Å². The molecule has 3 aliphatic rings. The Bertz CT molecular complexity index is 1120. The molecule has 2 aromatic carbocycles. The fourth-order valence-electron chi connectivity index (χ4n) is 5.86. The highest BCUT2D eigenvalue weighted by molar-refractivity contribution is 6.02. The quantitative estimate of drug-likeness (QED) is 0.464. The largest absolute Gasteiger partial charge is 0.495 e. The van der Waals surface area contributed by atoms with E-state index in [0.29, 0.717) is 17.8 Å². The van der Waals surface area contributed by atoms with Gasteiger partial charge in [-0.3, -0.25) is 4.79 Å². The van der Waals surface area contributed by atoms with E-state index in [0.717, 1.165) is 88.4 Å². The summed E-state index contributed by atoms with van der Waals surface area (Å²) >= 11 is 0. The molecule has 1 aliphatic carbocycles. The molecule has 2 aliphatic heterocycles. The Morgan fingerprint density at radius 2 is 1.67 bits per heavy atom. The SMILES string of the molecule is COc1ccccc1N1CCN(c2ccc(NC(=O)NC3CCCCC3)cc2C(=O)NC[C@H]2CCCO2)CC1. The molecule has 210 valence electrons. The molecule has 9 nitrogen and oxygen atoms in total. The lowest BCUT2D eigenvalue weighted by Crippen LogP contribution is -2.47. The Labute approximate surface area is 231 Å². The summed E-state index contributed by atoms with van der Waals surface area (Å²) in [7, 11) is 1.70. The monoisotopic (exact) mass is 535 g/mol. The molecule has 5 rings (SSSR count). The first-order valence-electron chi connectivity index (χ1n) is 14.3. The fourth-order valence-corrected chi connectivity index (χ4v) is 5.86. The van der Waals surface area contributed by atoms with Crippen LogP contribution in [0, 0.1) is 0 Å². The third kappa shape index (κ3) is 6.95. The number of anilines is 3. The molecule has 0 spiro atoms. The first-order chi connectivity index (χ1) is 19.1. The molecule has 9 heteroatoms. The number of rotatable bonds is 8. The molecule has 2 heterocycles. The van der Waals surface area contributed by atoms with Crippen molar-refractivity contribution in [3.63, 3.8) is 0 Å². The highest BCUT2D eigenvalue weighted by Crippen LogP contribution is 2.31. The second-order valence-electron chi connectivity index (χ2n) is 10.7. The molecular weight excluding hydrogens is 494 g/mol. The predicted octanol–water partition coefficient (Wildman–Crippen LogP) is 4.38. The molecule has 0 radical (unpaired) electrons. The van der Waals surface area contributed by atoms with Crippen molar-refractivity contribution in [3.05, 3.63) is 48.0 Å². The smallest absolute Gasteiger partial charge is 0.319 e. The Kier molecular flexibility index (Phi) is 9.08. The summed E-state index contributed by atoms with van der Waals surface area (Å²) in [6.45, 7) is 4.37. The minimum absolute atomic E-state index is 0.0596. The maximum atomic E-state index is 13.4. The van der Waals surface area contributed by atoms with E-state index in [1.807, 2.05) is 30.3 Å². The number of carbonyl (C=O) groups is 2. The first kappa shape index (κ1) is 27.1. The number of hydrogen-bond donors (Lipinski definition) is 3. The van der Waals surface area contributed by atoms with E-state index in [4.69, 9.17) is 9.47 Å². The van der Waals surface area contributed by atoms with Crippen molar-refractivity contribution in [1.82, 2.24) is 10.6 Å². The summed E-state index contributed by atoms with van der Waals surface area (Å²) in [5.41, 5.74) is 3.13. The van der Waals surface area contributed by atoms with Gasteiger partial charge < -0.3 is 35.2 Å². The predicted molar refractivity (Wildman–Crippen MR) is 154 cm³/mol. The summed E-state index contributed by atoms with van der Waals surface area (Å²) in [6.07, 6.45) is 7.62. The lowest BCUT2D eigenvalue weighted by atomic mass is 9.96. The number of piperazine rings is 1. The summed E-state index contributed by atoms with van der Waals surface area (Å²) < 4.78 is 11.3. The number of carbonyl (C=O) groups excluding carboxylic acids is 2. The van der Waals surface area contributed by atoms with Crippen molar-refractivity contribution in [2.75, 3.05) is 61.6 Å². The van der Waals surface area contributed by atoms with Crippen LogP contribution in [-0.2, 0) is 4.74 Å². The highest BCUT2D eigenvalue weighted by Gasteiger charge is 2.25. The van der Waals surface area contributed by atoms with Gasteiger partial charge in [-0.05, 0) is 56.0 Å². The number of urea groups is 1. The number of ether oxygens (including phenoxy) is 2. The number of nitrogens with zero attached hydrogens (tertiary/aromatic N) is 2. The third-order valence-corrected chi connectivity index (χ3v) is 8.00. The van der Waals surface area contributed by atoms with Gasteiger partial charge in [0.25, 0.3) is 5.91 Å². The van der Waals surface area contributed by atoms with Crippen LogP contribution in [0.5, 0.6) is 5.75 Å². The van der Waals surface area contributed by atoms with Crippen molar-refractivity contribution in [3.8, 4) is 5.75 Å². The van der Waals surface area contributed by atoms with Gasteiger partial charge in [0.2, 0.25) is 0 Å². The van der Waals surface area contributed by atoms with Crippen molar-refractivity contribution in [2.45, 2.75) is 57.1 Å². The second-order valence-corrected chi connectivity index (χ2v) is 10.7. The Hall–Kier alpha value is -3.46. The van der Waals surface area contributed by atoms with Crippen LogP contribution in [-0.4, -0.2) is 70.5 Å². The molecule has 39 heavy (non-hydrogen) atoms. The fraction of sp³-hybridized carbons (Fsp3) is 0.533. The maximum absolute atomic E-state index is 13.4. The van der Waals surface area contributed by atoms with Gasteiger partial charge in [0, 0.05) is 56.7 Å². The van der Waals surface area contributed by atoms with E-state index in [1.54, 1.807) is 13.2 Å². The van der Waals surface area contributed by atoms with Gasteiger partial charge in [-0.2, -0.15) is 0 Å². The van der Waals surface area contributed by atoms with Crippen LogP contribution in [0.3, 0.4) is 0 Å². The van der Waals surface area contributed by atoms with E-state index in [2.05, 4.69) is 31.8 Å². The second kappa shape index (κ2) is 13.1. The van der Waals surface area contributed by atoms with Gasteiger partial charge in [-0.25, -0.2) is 4.79 Å². The molecule has 3 amide bonds. The van der Waals surface area contributed by atoms with Crippen molar-refractivity contribution in [2.24, 2.45) is 0 Å². The molecule has 3 fully saturated rings. The first-order valence-corrected chi connectivity index (χ1v) is 14.3. The van der Waals surface area contributed by atoms with Crippen LogP contribution in [0.15, 0.2) is 42.5 Å². The summed E-state index contributed by atoms with van der Waals surface area (Å²) in [5.74, 6) is 0.714. The number of amides is 3. The lowest BCUT2D eigenvalue weighted by molar-refractivity contribution is 0.0858. The number of para-hydroxylation sites is 2. The Morgan fingerprint density at radius 1 is 0.923 bits per heavy atom. The van der Waals surface area contributed by atoms with Gasteiger partial charge in [-0.15, -0.1) is 0 Å². The van der Waals surface area contributed by atoms with E-state index in [-0.39, 0.29) is 24.1 Å². The molecule has 3 N–H and O–H groups in total. The Balaban J connectivity index is 1.29. The minimum atomic E-state index is -0.217. The summed E-state index contributed by atoms with van der Waals surface area (Å²) in [4.78, 5) is 30.7. The number of hydrogen-bond acceptors (Lipinski definition) is 6. The zero-order chi connectivity index (χ0) is 27.0. The highest BCUT2D eigenvalue weighted by atomic mass is 16.5. The van der Waals surface area contributed by atoms with Gasteiger partial charge in [0.15, 0.2) is 0 Å². The zero-order valence-corrected chi connectivity index (χ0v) is 22.9. The van der Waals surface area contributed by atoms with Gasteiger partial charge in [-0.1, -0.05) is 31.4 Å². The maximum Gasteiger partial charge on any atom is 0.319 e. The molecule has 1 saturated carbocycles. The van der Waals surface area contributed by atoms with Crippen LogP contribution in [0.1, 0.15) is 55.3 Å².